The minimum absolute atomic E-state index is 0.209. The van der Waals surface area contributed by atoms with E-state index in [0.717, 1.165) is 21.3 Å². The Morgan fingerprint density at radius 1 is 1.17 bits per heavy atom. The minimum Gasteiger partial charge on any atom is -0.383 e. The molecule has 124 valence electrons. The Morgan fingerprint density at radius 3 is 2.58 bits per heavy atom. The van der Waals surface area contributed by atoms with Gasteiger partial charge in [-0.2, -0.15) is 4.99 Å². The van der Waals surface area contributed by atoms with E-state index < -0.39 is 0 Å². The first kappa shape index (κ1) is 16.6. The number of thiazole rings is 1. The zero-order valence-electron chi connectivity index (χ0n) is 14.1. The van der Waals surface area contributed by atoms with Gasteiger partial charge in [0.05, 0.1) is 16.8 Å². The van der Waals surface area contributed by atoms with Crippen LogP contribution in [0.5, 0.6) is 0 Å². The molecule has 0 fully saturated rings. The zero-order valence-corrected chi connectivity index (χ0v) is 14.9. The van der Waals surface area contributed by atoms with E-state index in [4.69, 9.17) is 4.74 Å². The molecule has 0 unspecified atom stereocenters. The smallest absolute Gasteiger partial charge is 0.279 e. The van der Waals surface area contributed by atoms with Gasteiger partial charge in [0.1, 0.15) is 0 Å². The molecule has 1 heterocycles. The quantitative estimate of drug-likeness (QED) is 0.727. The van der Waals surface area contributed by atoms with Crippen LogP contribution in [0.25, 0.3) is 10.2 Å². The van der Waals surface area contributed by atoms with E-state index in [0.29, 0.717) is 23.5 Å². The number of rotatable bonds is 4. The van der Waals surface area contributed by atoms with Crippen molar-refractivity contribution >= 4 is 27.5 Å². The Bertz CT molecular complexity index is 933. The van der Waals surface area contributed by atoms with E-state index in [1.165, 1.54) is 11.3 Å². The molecular weight excluding hydrogens is 320 g/mol. The zero-order chi connectivity index (χ0) is 17.1. The molecule has 2 aromatic carbocycles. The molecule has 0 aliphatic carbocycles. The van der Waals surface area contributed by atoms with E-state index in [1.54, 1.807) is 7.11 Å². The predicted octanol–water partition coefficient (Wildman–Crippen LogP) is 3.71. The third-order valence-corrected chi connectivity index (χ3v) is 4.83. The van der Waals surface area contributed by atoms with Crippen LogP contribution in [0.3, 0.4) is 0 Å². The Morgan fingerprint density at radius 2 is 1.88 bits per heavy atom. The lowest BCUT2D eigenvalue weighted by molar-refractivity contribution is 0.0997. The maximum Gasteiger partial charge on any atom is 0.279 e. The Balaban J connectivity index is 2.09. The summed E-state index contributed by atoms with van der Waals surface area (Å²) in [6.07, 6.45) is 0. The van der Waals surface area contributed by atoms with E-state index in [2.05, 4.69) is 11.1 Å². The fourth-order valence-electron chi connectivity index (χ4n) is 2.75. The highest BCUT2D eigenvalue weighted by atomic mass is 32.1. The summed E-state index contributed by atoms with van der Waals surface area (Å²) in [5.41, 5.74) is 3.84. The summed E-state index contributed by atoms with van der Waals surface area (Å²) in [7, 11) is 1.67. The molecule has 0 N–H and O–H groups in total. The van der Waals surface area contributed by atoms with Gasteiger partial charge in [0, 0.05) is 19.2 Å². The van der Waals surface area contributed by atoms with Gasteiger partial charge in [-0.3, -0.25) is 4.79 Å². The summed E-state index contributed by atoms with van der Waals surface area (Å²) in [5.74, 6) is -0.209. The molecule has 3 rings (SSSR count). The number of hydrogen-bond donors (Lipinski definition) is 0. The second-order valence-electron chi connectivity index (χ2n) is 5.79. The Labute approximate surface area is 145 Å². The Hall–Kier alpha value is -2.24. The molecule has 1 aromatic heterocycles. The van der Waals surface area contributed by atoms with Gasteiger partial charge in [-0.15, -0.1) is 0 Å². The number of ether oxygens (including phenoxy) is 1. The van der Waals surface area contributed by atoms with Crippen molar-refractivity contribution in [3.63, 3.8) is 0 Å². The molecule has 5 heteroatoms. The minimum atomic E-state index is -0.209. The average Bonchev–Trinajstić information content (AvgIpc) is 2.89. The van der Waals surface area contributed by atoms with Crippen LogP contribution in [0.1, 0.15) is 21.5 Å². The molecule has 3 aromatic rings. The number of carbonyl (C=O) groups excluding carboxylic acids is 1. The maximum absolute atomic E-state index is 12.6. The number of hydrogen-bond acceptors (Lipinski definition) is 3. The standard InChI is InChI=1S/C19H20N2O2S/c1-13-10-14(2)12-15(11-13)18(22)20-19-21(8-9-23-3)16-6-4-5-7-17(16)24-19/h4-7,10-12H,8-9H2,1-3H3. The highest BCUT2D eigenvalue weighted by molar-refractivity contribution is 7.16. The Kier molecular flexibility index (Phi) is 4.92. The third kappa shape index (κ3) is 3.47. The number of methoxy groups -OCH3 is 1. The van der Waals surface area contributed by atoms with E-state index in [-0.39, 0.29) is 5.91 Å². The van der Waals surface area contributed by atoms with E-state index >= 15 is 0 Å². The number of benzene rings is 2. The van der Waals surface area contributed by atoms with E-state index in [1.807, 2.05) is 54.8 Å². The van der Waals surface area contributed by atoms with Crippen LogP contribution in [0.4, 0.5) is 0 Å². The van der Waals surface area contributed by atoms with E-state index in [9.17, 15) is 4.79 Å². The first-order valence-electron chi connectivity index (χ1n) is 7.83. The summed E-state index contributed by atoms with van der Waals surface area (Å²) in [5, 5.41) is 0. The first-order valence-corrected chi connectivity index (χ1v) is 8.65. The highest BCUT2D eigenvalue weighted by Crippen LogP contribution is 2.17. The summed E-state index contributed by atoms with van der Waals surface area (Å²) in [6, 6.07) is 13.9. The van der Waals surface area contributed by atoms with Crippen LogP contribution in [-0.2, 0) is 11.3 Å². The molecule has 24 heavy (non-hydrogen) atoms. The van der Waals surface area contributed by atoms with Crippen LogP contribution in [0.15, 0.2) is 47.5 Å². The molecule has 0 saturated heterocycles. The van der Waals surface area contributed by atoms with Crippen molar-refractivity contribution in [2.75, 3.05) is 13.7 Å². The van der Waals surface area contributed by atoms with Crippen molar-refractivity contribution in [2.45, 2.75) is 20.4 Å². The molecule has 0 atom stereocenters. The molecular formula is C19H20N2O2S. The van der Waals surface area contributed by atoms with Crippen LogP contribution in [0.2, 0.25) is 0 Å². The number of para-hydroxylation sites is 1. The van der Waals surface area contributed by atoms with Crippen LogP contribution in [-0.4, -0.2) is 24.2 Å². The summed E-state index contributed by atoms with van der Waals surface area (Å²) in [6.45, 7) is 5.22. The summed E-state index contributed by atoms with van der Waals surface area (Å²) < 4.78 is 8.35. The highest BCUT2D eigenvalue weighted by Gasteiger charge is 2.09. The number of aromatic nitrogens is 1. The lowest BCUT2D eigenvalue weighted by Crippen LogP contribution is -2.19. The number of carbonyl (C=O) groups is 1. The van der Waals surface area contributed by atoms with Crippen LogP contribution in [0, 0.1) is 13.8 Å². The van der Waals surface area contributed by atoms with Gasteiger partial charge in [0.25, 0.3) is 5.91 Å². The molecule has 0 aliphatic heterocycles. The largest absolute Gasteiger partial charge is 0.383 e. The first-order chi connectivity index (χ1) is 11.6. The molecule has 0 spiro atoms. The average molecular weight is 340 g/mol. The van der Waals surface area contributed by atoms with Crippen molar-refractivity contribution in [1.82, 2.24) is 4.57 Å². The van der Waals surface area contributed by atoms with Gasteiger partial charge in [0.2, 0.25) is 0 Å². The normalized spacial score (nSPS) is 12.0. The van der Waals surface area contributed by atoms with Gasteiger partial charge in [-0.25, -0.2) is 0 Å². The topological polar surface area (TPSA) is 43.6 Å². The van der Waals surface area contributed by atoms with Crippen molar-refractivity contribution in [1.29, 1.82) is 0 Å². The summed E-state index contributed by atoms with van der Waals surface area (Å²) in [4.78, 5) is 17.7. The monoisotopic (exact) mass is 340 g/mol. The second kappa shape index (κ2) is 7.11. The molecule has 0 radical (unpaired) electrons. The number of aryl methyl sites for hydroxylation is 2. The number of amides is 1. The maximum atomic E-state index is 12.6. The van der Waals surface area contributed by atoms with Gasteiger partial charge in [-0.05, 0) is 38.1 Å². The molecule has 0 bridgehead atoms. The van der Waals surface area contributed by atoms with Crippen molar-refractivity contribution in [3.8, 4) is 0 Å². The number of fused-ring (bicyclic) bond motifs is 1. The lowest BCUT2D eigenvalue weighted by atomic mass is 10.1. The van der Waals surface area contributed by atoms with Crippen molar-refractivity contribution < 1.29 is 9.53 Å². The third-order valence-electron chi connectivity index (χ3n) is 3.77. The van der Waals surface area contributed by atoms with Crippen LogP contribution >= 0.6 is 11.3 Å². The fraction of sp³-hybridized carbons (Fsp3) is 0.263. The fourth-order valence-corrected chi connectivity index (χ4v) is 3.81. The van der Waals surface area contributed by atoms with Gasteiger partial charge in [-0.1, -0.05) is 40.7 Å². The van der Waals surface area contributed by atoms with Gasteiger partial charge < -0.3 is 9.30 Å². The second-order valence-corrected chi connectivity index (χ2v) is 6.80. The lowest BCUT2D eigenvalue weighted by Gasteiger charge is -2.04. The molecule has 1 amide bonds. The molecule has 4 nitrogen and oxygen atoms in total. The molecule has 0 aliphatic rings. The summed E-state index contributed by atoms with van der Waals surface area (Å²) >= 11 is 1.53. The SMILES string of the molecule is COCCn1c(=NC(=O)c2cc(C)cc(C)c2)sc2ccccc21. The van der Waals surface area contributed by atoms with Crippen molar-refractivity contribution in [3.05, 3.63) is 64.0 Å². The van der Waals surface area contributed by atoms with Gasteiger partial charge in [0.15, 0.2) is 4.80 Å². The van der Waals surface area contributed by atoms with Gasteiger partial charge >= 0.3 is 0 Å². The number of nitrogens with zero attached hydrogens (tertiary/aromatic N) is 2. The molecule has 0 saturated carbocycles. The van der Waals surface area contributed by atoms with Crippen molar-refractivity contribution in [2.24, 2.45) is 4.99 Å². The predicted molar refractivity (Wildman–Crippen MR) is 97.5 cm³/mol. The van der Waals surface area contributed by atoms with Crippen LogP contribution < -0.4 is 4.80 Å².